The predicted octanol–water partition coefficient (Wildman–Crippen LogP) is 0.185. The molecule has 0 unspecified atom stereocenters. The minimum atomic E-state index is -0.931. The minimum absolute atomic E-state index is 0.159. The molecule has 110 valence electrons. The smallest absolute Gasteiger partial charge is 0.305 e. The summed E-state index contributed by atoms with van der Waals surface area (Å²) in [6.45, 7) is 1.95. The van der Waals surface area contributed by atoms with Gasteiger partial charge in [-0.25, -0.2) is 0 Å². The Bertz CT molecular complexity index is 313. The van der Waals surface area contributed by atoms with Gasteiger partial charge in [0.05, 0.1) is 13.7 Å². The Labute approximate surface area is 111 Å². The summed E-state index contributed by atoms with van der Waals surface area (Å²) in [5, 5.41) is 9.15. The average Bonchev–Trinajstić information content (AvgIpc) is 2.33. The van der Waals surface area contributed by atoms with Crippen LogP contribution in [0.5, 0.6) is 0 Å². The first kappa shape index (κ1) is 17.4. The molecule has 0 rings (SSSR count). The van der Waals surface area contributed by atoms with Crippen LogP contribution in [0, 0.1) is 0 Å². The molecule has 0 aliphatic carbocycles. The second-order valence-electron chi connectivity index (χ2n) is 3.95. The van der Waals surface area contributed by atoms with Crippen molar-refractivity contribution in [2.45, 2.75) is 45.3 Å². The molecular formula is C12H20O7. The molecule has 0 aliphatic rings. The van der Waals surface area contributed by atoms with Gasteiger partial charge in [0.15, 0.2) is 6.10 Å². The van der Waals surface area contributed by atoms with Gasteiger partial charge < -0.3 is 19.3 Å². The SMILES string of the molecule is COC(=O)CCC[C@H](OC(C)=O)[C@@H](CO)OC(C)=O. The van der Waals surface area contributed by atoms with Crippen molar-refractivity contribution in [2.24, 2.45) is 0 Å². The fourth-order valence-electron chi connectivity index (χ4n) is 1.53. The zero-order valence-electron chi connectivity index (χ0n) is 11.4. The van der Waals surface area contributed by atoms with Crippen molar-refractivity contribution < 1.29 is 33.7 Å². The third-order valence-electron chi connectivity index (χ3n) is 2.33. The number of methoxy groups -OCH3 is 1. The number of carbonyl (C=O) groups is 3. The van der Waals surface area contributed by atoms with Gasteiger partial charge in [-0.15, -0.1) is 0 Å². The number of aliphatic hydroxyl groups is 1. The van der Waals surface area contributed by atoms with Crippen LogP contribution in [0.15, 0.2) is 0 Å². The van der Waals surface area contributed by atoms with Gasteiger partial charge in [-0.2, -0.15) is 0 Å². The molecule has 0 fully saturated rings. The van der Waals surface area contributed by atoms with E-state index in [1.165, 1.54) is 21.0 Å². The normalized spacial score (nSPS) is 13.3. The Balaban J connectivity index is 4.45. The van der Waals surface area contributed by atoms with Crippen LogP contribution >= 0.6 is 0 Å². The summed E-state index contributed by atoms with van der Waals surface area (Å²) in [4.78, 5) is 32.8. The maximum atomic E-state index is 11.0. The monoisotopic (exact) mass is 276 g/mol. The Morgan fingerprint density at radius 2 is 1.58 bits per heavy atom. The Morgan fingerprint density at radius 3 is 2.00 bits per heavy atom. The highest BCUT2D eigenvalue weighted by Crippen LogP contribution is 2.13. The molecule has 0 aromatic carbocycles. The summed E-state index contributed by atoms with van der Waals surface area (Å²) < 4.78 is 14.3. The van der Waals surface area contributed by atoms with E-state index in [0.717, 1.165) is 0 Å². The highest BCUT2D eigenvalue weighted by atomic mass is 16.6. The van der Waals surface area contributed by atoms with E-state index < -0.39 is 30.8 Å². The third-order valence-corrected chi connectivity index (χ3v) is 2.33. The lowest BCUT2D eigenvalue weighted by atomic mass is 10.1. The molecule has 0 amide bonds. The van der Waals surface area contributed by atoms with Crippen LogP contribution in [0.25, 0.3) is 0 Å². The highest BCUT2D eigenvalue weighted by Gasteiger charge is 2.26. The fourth-order valence-corrected chi connectivity index (χ4v) is 1.53. The maximum Gasteiger partial charge on any atom is 0.305 e. The topological polar surface area (TPSA) is 99.1 Å². The van der Waals surface area contributed by atoms with E-state index in [4.69, 9.17) is 14.6 Å². The zero-order valence-corrected chi connectivity index (χ0v) is 11.4. The fraction of sp³-hybridized carbons (Fsp3) is 0.750. The highest BCUT2D eigenvalue weighted by molar-refractivity contribution is 5.69. The maximum absolute atomic E-state index is 11.0. The summed E-state index contributed by atoms with van der Waals surface area (Å²) in [5.41, 5.74) is 0. The number of hydrogen-bond donors (Lipinski definition) is 1. The van der Waals surface area contributed by atoms with Gasteiger partial charge >= 0.3 is 17.9 Å². The number of hydrogen-bond acceptors (Lipinski definition) is 7. The lowest BCUT2D eigenvalue weighted by Gasteiger charge is -2.24. The second-order valence-corrected chi connectivity index (χ2v) is 3.95. The molecule has 0 radical (unpaired) electrons. The molecule has 0 bridgehead atoms. The quantitative estimate of drug-likeness (QED) is 0.499. The van der Waals surface area contributed by atoms with E-state index in [-0.39, 0.29) is 18.8 Å². The first-order valence-electron chi connectivity index (χ1n) is 5.92. The number of rotatable bonds is 8. The van der Waals surface area contributed by atoms with Crippen LogP contribution in [-0.2, 0) is 28.6 Å². The van der Waals surface area contributed by atoms with Crippen LogP contribution in [0.3, 0.4) is 0 Å². The van der Waals surface area contributed by atoms with Crippen LogP contribution < -0.4 is 0 Å². The lowest BCUT2D eigenvalue weighted by Crippen LogP contribution is -2.37. The van der Waals surface area contributed by atoms with Gasteiger partial charge in [0.1, 0.15) is 6.10 Å². The number of carbonyl (C=O) groups excluding carboxylic acids is 3. The van der Waals surface area contributed by atoms with Crippen LogP contribution in [0.2, 0.25) is 0 Å². The van der Waals surface area contributed by atoms with Crippen molar-refractivity contribution in [3.8, 4) is 0 Å². The van der Waals surface area contributed by atoms with Gasteiger partial charge in [-0.1, -0.05) is 0 Å². The third kappa shape index (κ3) is 8.15. The van der Waals surface area contributed by atoms with Gasteiger partial charge in [0.2, 0.25) is 0 Å². The van der Waals surface area contributed by atoms with Gasteiger partial charge in [0.25, 0.3) is 0 Å². The van der Waals surface area contributed by atoms with Gasteiger partial charge in [0, 0.05) is 20.3 Å². The first-order chi connectivity index (χ1) is 8.90. The van der Waals surface area contributed by atoms with Crippen LogP contribution in [-0.4, -0.2) is 48.9 Å². The molecule has 0 saturated heterocycles. The molecule has 0 spiro atoms. The standard InChI is InChI=1S/C12H20O7/c1-8(14)18-10(5-4-6-12(16)17-3)11(7-13)19-9(2)15/h10-11,13H,4-7H2,1-3H3/t10-,11+/m0/s1. The predicted molar refractivity (Wildman–Crippen MR) is 64.1 cm³/mol. The van der Waals surface area contributed by atoms with E-state index in [1.54, 1.807) is 0 Å². The molecule has 2 atom stereocenters. The van der Waals surface area contributed by atoms with E-state index in [1.807, 2.05) is 0 Å². The van der Waals surface area contributed by atoms with Crippen molar-refractivity contribution in [2.75, 3.05) is 13.7 Å². The minimum Gasteiger partial charge on any atom is -0.469 e. The summed E-state index contributed by atoms with van der Waals surface area (Å²) in [6.07, 6.45) is -0.877. The first-order valence-corrected chi connectivity index (χ1v) is 5.92. The molecule has 0 aliphatic heterocycles. The molecule has 7 heteroatoms. The molecule has 0 aromatic heterocycles. The Hall–Kier alpha value is -1.63. The van der Waals surface area contributed by atoms with E-state index in [9.17, 15) is 14.4 Å². The largest absolute Gasteiger partial charge is 0.469 e. The van der Waals surface area contributed by atoms with Crippen molar-refractivity contribution in [3.63, 3.8) is 0 Å². The van der Waals surface area contributed by atoms with Crippen LogP contribution in [0.1, 0.15) is 33.1 Å². The van der Waals surface area contributed by atoms with Gasteiger partial charge in [-0.3, -0.25) is 14.4 Å². The molecule has 0 saturated carbocycles. The Morgan fingerprint density at radius 1 is 1.05 bits per heavy atom. The molecule has 0 aromatic rings. The van der Waals surface area contributed by atoms with Gasteiger partial charge in [-0.05, 0) is 12.8 Å². The summed E-state index contributed by atoms with van der Waals surface area (Å²) in [5.74, 6) is -1.51. The summed E-state index contributed by atoms with van der Waals surface area (Å²) in [7, 11) is 1.28. The Kier molecular flexibility index (Phi) is 8.52. The van der Waals surface area contributed by atoms with E-state index >= 15 is 0 Å². The van der Waals surface area contributed by atoms with Crippen molar-refractivity contribution in [1.82, 2.24) is 0 Å². The van der Waals surface area contributed by atoms with Crippen molar-refractivity contribution in [1.29, 1.82) is 0 Å². The van der Waals surface area contributed by atoms with Crippen molar-refractivity contribution >= 4 is 17.9 Å². The number of esters is 3. The molecule has 1 N–H and O–H groups in total. The lowest BCUT2D eigenvalue weighted by molar-refractivity contribution is -0.169. The molecule has 0 heterocycles. The number of aliphatic hydroxyl groups excluding tert-OH is 1. The molecular weight excluding hydrogens is 256 g/mol. The number of ether oxygens (including phenoxy) is 3. The summed E-state index contributed by atoms with van der Waals surface area (Å²) >= 11 is 0. The summed E-state index contributed by atoms with van der Waals surface area (Å²) in [6, 6.07) is 0. The average molecular weight is 276 g/mol. The van der Waals surface area contributed by atoms with E-state index in [2.05, 4.69) is 4.74 Å². The van der Waals surface area contributed by atoms with Crippen LogP contribution in [0.4, 0.5) is 0 Å². The molecule has 7 nitrogen and oxygen atoms in total. The van der Waals surface area contributed by atoms with E-state index in [0.29, 0.717) is 6.42 Å². The second kappa shape index (κ2) is 9.32. The zero-order chi connectivity index (χ0) is 14.8. The molecule has 19 heavy (non-hydrogen) atoms. The van der Waals surface area contributed by atoms with Crippen molar-refractivity contribution in [3.05, 3.63) is 0 Å².